The Kier molecular flexibility index (Phi) is 4.68. The lowest BCUT2D eigenvalue weighted by molar-refractivity contribution is -0.139. The molecule has 5 rings (SSSR count). The number of rotatable bonds is 3. The summed E-state index contributed by atoms with van der Waals surface area (Å²) in [5, 5.41) is 2.89. The van der Waals surface area contributed by atoms with E-state index >= 15 is 0 Å². The van der Waals surface area contributed by atoms with Crippen molar-refractivity contribution in [3.63, 3.8) is 0 Å². The van der Waals surface area contributed by atoms with Crippen LogP contribution in [0.2, 0.25) is 0 Å². The lowest BCUT2D eigenvalue weighted by Crippen LogP contribution is -2.52. The minimum Gasteiger partial charge on any atom is -0.368 e. The predicted octanol–water partition coefficient (Wildman–Crippen LogP) is 2.04. The molecule has 1 spiro atoms. The zero-order valence-electron chi connectivity index (χ0n) is 17.6. The van der Waals surface area contributed by atoms with E-state index in [2.05, 4.69) is 29.3 Å². The number of hydrogen-bond acceptors (Lipinski definition) is 4. The average molecular weight is 418 g/mol. The first-order valence-corrected chi connectivity index (χ1v) is 10.8. The van der Waals surface area contributed by atoms with Crippen molar-refractivity contribution < 1.29 is 14.4 Å². The van der Waals surface area contributed by atoms with E-state index in [0.29, 0.717) is 19.5 Å². The van der Waals surface area contributed by atoms with Gasteiger partial charge in [-0.25, -0.2) is 4.79 Å². The van der Waals surface area contributed by atoms with Crippen molar-refractivity contribution in [1.29, 1.82) is 0 Å². The Balaban J connectivity index is 1.25. The molecule has 1 N–H and O–H groups in total. The summed E-state index contributed by atoms with van der Waals surface area (Å²) in [6.45, 7) is 4.48. The molecule has 160 valence electrons. The van der Waals surface area contributed by atoms with Crippen LogP contribution in [-0.4, -0.2) is 60.4 Å². The largest absolute Gasteiger partial charge is 0.368 e. The number of hydrogen-bond donors (Lipinski definition) is 1. The number of carbonyl (C=O) groups is 3. The summed E-state index contributed by atoms with van der Waals surface area (Å²) < 4.78 is 0. The van der Waals surface area contributed by atoms with E-state index in [1.165, 1.54) is 11.3 Å². The molecule has 1 atom stereocenters. The Hall–Kier alpha value is -3.35. The molecule has 0 saturated carbocycles. The van der Waals surface area contributed by atoms with Crippen LogP contribution in [0.3, 0.4) is 0 Å². The molecule has 31 heavy (non-hydrogen) atoms. The van der Waals surface area contributed by atoms with E-state index in [0.717, 1.165) is 35.5 Å². The van der Waals surface area contributed by atoms with E-state index in [1.54, 1.807) is 4.90 Å². The first-order valence-electron chi connectivity index (χ1n) is 10.8. The Morgan fingerprint density at radius 2 is 1.71 bits per heavy atom. The number of carbonyl (C=O) groups excluding carboxylic acids is 3. The van der Waals surface area contributed by atoms with Crippen LogP contribution < -0.4 is 10.2 Å². The van der Waals surface area contributed by atoms with Gasteiger partial charge >= 0.3 is 6.03 Å². The summed E-state index contributed by atoms with van der Waals surface area (Å²) >= 11 is 0. The zero-order chi connectivity index (χ0) is 21.6. The van der Waals surface area contributed by atoms with Gasteiger partial charge in [-0.05, 0) is 42.5 Å². The van der Waals surface area contributed by atoms with Crippen LogP contribution >= 0.6 is 0 Å². The molecule has 2 aromatic carbocycles. The van der Waals surface area contributed by atoms with Gasteiger partial charge in [0.2, 0.25) is 5.91 Å². The standard InChI is InChI=1S/C24H26N4O3/c1-17-6-2-5-9-20(17)26-12-14-27(15-13-26)21(29)16-28-22(30)24(25-23(28)31)11-10-18-7-3-4-8-19(18)24/h2-9H,10-16H2,1H3,(H,25,31). The maximum absolute atomic E-state index is 13.3. The molecule has 2 heterocycles. The fourth-order valence-electron chi connectivity index (χ4n) is 5.08. The first kappa shape index (κ1) is 19.6. The smallest absolute Gasteiger partial charge is 0.325 e. The van der Waals surface area contributed by atoms with Crippen LogP contribution in [0.5, 0.6) is 0 Å². The third kappa shape index (κ3) is 3.15. The zero-order valence-corrected chi connectivity index (χ0v) is 17.6. The van der Waals surface area contributed by atoms with E-state index in [9.17, 15) is 14.4 Å². The van der Waals surface area contributed by atoms with Crippen molar-refractivity contribution in [2.24, 2.45) is 0 Å². The molecule has 7 heteroatoms. The molecular weight excluding hydrogens is 392 g/mol. The van der Waals surface area contributed by atoms with Crippen molar-refractivity contribution in [3.8, 4) is 0 Å². The molecule has 2 aromatic rings. The highest BCUT2D eigenvalue weighted by Gasteiger charge is 2.55. The number of nitrogens with one attached hydrogen (secondary N) is 1. The van der Waals surface area contributed by atoms with Gasteiger partial charge in [0.05, 0.1) is 0 Å². The monoisotopic (exact) mass is 418 g/mol. The number of imide groups is 1. The first-order chi connectivity index (χ1) is 15.0. The molecule has 2 aliphatic heterocycles. The summed E-state index contributed by atoms with van der Waals surface area (Å²) in [6.07, 6.45) is 1.28. The van der Waals surface area contributed by atoms with E-state index < -0.39 is 11.6 Å². The van der Waals surface area contributed by atoms with Gasteiger partial charge in [-0.3, -0.25) is 14.5 Å². The fraction of sp³-hybridized carbons (Fsp3) is 0.375. The molecule has 7 nitrogen and oxygen atoms in total. The highest BCUT2D eigenvalue weighted by Crippen LogP contribution is 2.41. The number of amides is 4. The summed E-state index contributed by atoms with van der Waals surface area (Å²) in [7, 11) is 0. The molecule has 1 unspecified atom stereocenters. The van der Waals surface area contributed by atoms with E-state index in [1.807, 2.05) is 36.4 Å². The van der Waals surface area contributed by atoms with Crippen molar-refractivity contribution >= 4 is 23.5 Å². The van der Waals surface area contributed by atoms with Gasteiger partial charge in [-0.2, -0.15) is 0 Å². The Labute approximate surface area is 181 Å². The summed E-state index contributed by atoms with van der Waals surface area (Å²) in [6, 6.07) is 15.5. The van der Waals surface area contributed by atoms with Gasteiger partial charge in [0.15, 0.2) is 0 Å². The molecular formula is C24H26N4O3. The Morgan fingerprint density at radius 1 is 1.00 bits per heavy atom. The van der Waals surface area contributed by atoms with Gasteiger partial charge in [-0.1, -0.05) is 42.5 Å². The minimum atomic E-state index is -1.02. The second-order valence-corrected chi connectivity index (χ2v) is 8.54. The molecule has 1 aliphatic carbocycles. The van der Waals surface area contributed by atoms with Gasteiger partial charge in [0.1, 0.15) is 12.1 Å². The lowest BCUT2D eigenvalue weighted by Gasteiger charge is -2.37. The Bertz CT molecular complexity index is 1060. The lowest BCUT2D eigenvalue weighted by atomic mass is 9.92. The molecule has 0 bridgehead atoms. The maximum Gasteiger partial charge on any atom is 0.325 e. The number of benzene rings is 2. The van der Waals surface area contributed by atoms with Crippen LogP contribution in [0.15, 0.2) is 48.5 Å². The molecule has 0 radical (unpaired) electrons. The second-order valence-electron chi connectivity index (χ2n) is 8.54. The van der Waals surface area contributed by atoms with Crippen LogP contribution in [0, 0.1) is 6.92 Å². The molecule has 2 fully saturated rings. The van der Waals surface area contributed by atoms with Crippen molar-refractivity contribution in [2.75, 3.05) is 37.6 Å². The Morgan fingerprint density at radius 3 is 2.48 bits per heavy atom. The summed E-state index contributed by atoms with van der Waals surface area (Å²) in [5.74, 6) is -0.495. The van der Waals surface area contributed by atoms with Gasteiger partial charge < -0.3 is 15.1 Å². The highest BCUT2D eigenvalue weighted by atomic mass is 16.2. The maximum atomic E-state index is 13.3. The van der Waals surface area contributed by atoms with E-state index in [4.69, 9.17) is 0 Å². The number of fused-ring (bicyclic) bond motifs is 2. The molecule has 2 saturated heterocycles. The van der Waals surface area contributed by atoms with Crippen molar-refractivity contribution in [3.05, 3.63) is 65.2 Å². The third-order valence-electron chi connectivity index (χ3n) is 6.80. The minimum absolute atomic E-state index is 0.184. The van der Waals surface area contributed by atoms with Gasteiger partial charge in [0.25, 0.3) is 5.91 Å². The summed E-state index contributed by atoms with van der Waals surface area (Å²) in [5.41, 5.74) is 3.32. The number of urea groups is 1. The highest BCUT2D eigenvalue weighted by molar-refractivity contribution is 6.09. The van der Waals surface area contributed by atoms with E-state index in [-0.39, 0.29) is 18.4 Å². The predicted molar refractivity (Wildman–Crippen MR) is 117 cm³/mol. The fourth-order valence-corrected chi connectivity index (χ4v) is 5.08. The van der Waals surface area contributed by atoms with Gasteiger partial charge in [0, 0.05) is 31.9 Å². The number of nitrogens with zero attached hydrogens (tertiary/aromatic N) is 3. The summed E-state index contributed by atoms with van der Waals surface area (Å²) in [4.78, 5) is 44.0. The average Bonchev–Trinajstić information content (AvgIpc) is 3.27. The van der Waals surface area contributed by atoms with Crippen LogP contribution in [0.1, 0.15) is 23.1 Å². The van der Waals surface area contributed by atoms with Gasteiger partial charge in [-0.15, -0.1) is 0 Å². The van der Waals surface area contributed by atoms with Crippen LogP contribution in [-0.2, 0) is 21.5 Å². The number of anilines is 1. The number of piperazine rings is 1. The number of para-hydroxylation sites is 1. The SMILES string of the molecule is Cc1ccccc1N1CCN(C(=O)CN2C(=O)NC3(CCc4ccccc43)C2=O)CC1. The third-order valence-corrected chi connectivity index (χ3v) is 6.80. The van der Waals surface area contributed by atoms with Crippen LogP contribution in [0.4, 0.5) is 10.5 Å². The molecule has 0 aromatic heterocycles. The van der Waals surface area contributed by atoms with Crippen molar-refractivity contribution in [2.45, 2.75) is 25.3 Å². The molecule has 3 aliphatic rings. The van der Waals surface area contributed by atoms with Crippen molar-refractivity contribution in [1.82, 2.24) is 15.1 Å². The normalized spacial score (nSPS) is 22.8. The molecule has 4 amide bonds. The second kappa shape index (κ2) is 7.41. The number of aryl methyl sites for hydroxylation is 2. The topological polar surface area (TPSA) is 73.0 Å². The quantitative estimate of drug-likeness (QED) is 0.775. The van der Waals surface area contributed by atoms with Crippen LogP contribution in [0.25, 0.3) is 0 Å².